The molecule has 13 rings (SSSR count). The molecule has 11 aromatic rings. The number of hydrogen-bond acceptors (Lipinski definition) is 3. The van der Waals surface area contributed by atoms with Crippen molar-refractivity contribution in [2.45, 2.75) is 45.4 Å². The Labute approximate surface area is 448 Å². The van der Waals surface area contributed by atoms with Crippen molar-refractivity contribution in [3.8, 4) is 44.5 Å². The Bertz CT molecular complexity index is 3930. The van der Waals surface area contributed by atoms with Gasteiger partial charge in [0.1, 0.15) is 0 Å². The van der Waals surface area contributed by atoms with Crippen molar-refractivity contribution in [3.05, 3.63) is 295 Å². The molecule has 76 heavy (non-hydrogen) atoms. The van der Waals surface area contributed by atoms with Gasteiger partial charge in [-0.3, -0.25) is 0 Å². The fourth-order valence-corrected chi connectivity index (χ4v) is 12.2. The molecule has 0 aliphatic heterocycles. The lowest BCUT2D eigenvalue weighted by atomic mass is 9.82. The van der Waals surface area contributed by atoms with E-state index >= 15 is 0 Å². The minimum atomic E-state index is -0.164. The molecule has 0 saturated carbocycles. The SMILES string of the molecule is Cc1ccccc1N(c1ccc(-c2cc(N(c3ccccc3)c3ccc(-c4ccccc4)cc3)cc(N(c3ccccc3)c3ccc4c(c3)C(C)(C)c3ccccc3-4)c2)cc1)c1ccc2c(c1)C(C)(C)c1ccccc1-2. The first-order chi connectivity index (χ1) is 37.1. The van der Waals surface area contributed by atoms with Gasteiger partial charge in [0.05, 0.1) is 0 Å². The predicted octanol–water partition coefficient (Wildman–Crippen LogP) is 20.4. The van der Waals surface area contributed by atoms with Crippen molar-refractivity contribution in [2.75, 3.05) is 14.7 Å². The Morgan fingerprint density at radius 1 is 0.237 bits per heavy atom. The summed E-state index contributed by atoms with van der Waals surface area (Å²) in [5.74, 6) is 0. The minimum Gasteiger partial charge on any atom is -0.310 e. The normalized spacial score (nSPS) is 13.3. The van der Waals surface area contributed by atoms with Crippen LogP contribution in [0.2, 0.25) is 0 Å². The molecule has 0 fully saturated rings. The first-order valence-electron chi connectivity index (χ1n) is 26.6. The lowest BCUT2D eigenvalue weighted by Gasteiger charge is -2.31. The predicted molar refractivity (Wildman–Crippen MR) is 321 cm³/mol. The molecular weight excluding hydrogens is 919 g/mol. The van der Waals surface area contributed by atoms with Crippen LogP contribution in [0.25, 0.3) is 44.5 Å². The second-order valence-electron chi connectivity index (χ2n) is 21.5. The minimum absolute atomic E-state index is 0.127. The Morgan fingerprint density at radius 2 is 0.592 bits per heavy atom. The number of hydrogen-bond donors (Lipinski definition) is 0. The van der Waals surface area contributed by atoms with Gasteiger partial charge in [-0.05, 0) is 176 Å². The second kappa shape index (κ2) is 18.6. The van der Waals surface area contributed by atoms with E-state index in [1.807, 2.05) is 0 Å². The van der Waals surface area contributed by atoms with Crippen molar-refractivity contribution in [1.82, 2.24) is 0 Å². The summed E-state index contributed by atoms with van der Waals surface area (Å²) in [5, 5.41) is 0. The fraction of sp³-hybridized carbons (Fsp3) is 0.0959. The zero-order valence-corrected chi connectivity index (χ0v) is 43.7. The average molecular weight is 978 g/mol. The number of rotatable bonds is 11. The maximum Gasteiger partial charge on any atom is 0.0490 e. The molecule has 0 aromatic heterocycles. The van der Waals surface area contributed by atoms with Crippen molar-refractivity contribution in [2.24, 2.45) is 0 Å². The third-order valence-corrected chi connectivity index (χ3v) is 16.1. The highest BCUT2D eigenvalue weighted by atomic mass is 15.2. The topological polar surface area (TPSA) is 9.72 Å². The number of para-hydroxylation sites is 3. The van der Waals surface area contributed by atoms with Gasteiger partial charge in [0, 0.05) is 62.0 Å². The summed E-state index contributed by atoms with van der Waals surface area (Å²) in [6, 6.07) is 98.2. The molecule has 2 aliphatic rings. The molecule has 0 heterocycles. The van der Waals surface area contributed by atoms with Gasteiger partial charge >= 0.3 is 0 Å². The molecule has 0 amide bonds. The van der Waals surface area contributed by atoms with Crippen LogP contribution in [0, 0.1) is 6.92 Å². The molecule has 366 valence electrons. The summed E-state index contributed by atoms with van der Waals surface area (Å²) < 4.78 is 0. The lowest BCUT2D eigenvalue weighted by molar-refractivity contribution is 0.660. The van der Waals surface area contributed by atoms with E-state index in [4.69, 9.17) is 0 Å². The van der Waals surface area contributed by atoms with E-state index in [-0.39, 0.29) is 10.8 Å². The summed E-state index contributed by atoms with van der Waals surface area (Å²) in [6.45, 7) is 11.7. The first-order valence-corrected chi connectivity index (χ1v) is 26.6. The summed E-state index contributed by atoms with van der Waals surface area (Å²) >= 11 is 0. The highest BCUT2D eigenvalue weighted by Crippen LogP contribution is 2.53. The van der Waals surface area contributed by atoms with E-state index < -0.39 is 0 Å². The van der Waals surface area contributed by atoms with Gasteiger partial charge in [0.2, 0.25) is 0 Å². The van der Waals surface area contributed by atoms with Crippen LogP contribution in [-0.4, -0.2) is 0 Å². The van der Waals surface area contributed by atoms with Gasteiger partial charge in [0.25, 0.3) is 0 Å². The molecule has 0 N–H and O–H groups in total. The summed E-state index contributed by atoms with van der Waals surface area (Å²) in [4.78, 5) is 7.27. The van der Waals surface area contributed by atoms with Crippen LogP contribution in [0.3, 0.4) is 0 Å². The molecule has 0 saturated heterocycles. The maximum atomic E-state index is 2.44. The molecule has 0 unspecified atom stereocenters. The summed E-state index contributed by atoms with van der Waals surface area (Å²) in [6.07, 6.45) is 0. The monoisotopic (exact) mass is 977 g/mol. The average Bonchev–Trinajstić information content (AvgIpc) is 3.95. The van der Waals surface area contributed by atoms with Crippen LogP contribution < -0.4 is 14.7 Å². The zero-order valence-electron chi connectivity index (χ0n) is 43.7. The molecule has 0 bridgehead atoms. The highest BCUT2D eigenvalue weighted by molar-refractivity contribution is 5.91. The van der Waals surface area contributed by atoms with E-state index in [1.165, 1.54) is 61.2 Å². The Morgan fingerprint density at radius 3 is 1.11 bits per heavy atom. The van der Waals surface area contributed by atoms with Crippen LogP contribution in [0.15, 0.2) is 267 Å². The molecular formula is C73H59N3. The van der Waals surface area contributed by atoms with Crippen LogP contribution in [0.4, 0.5) is 51.2 Å². The van der Waals surface area contributed by atoms with E-state index in [2.05, 4.69) is 316 Å². The zero-order chi connectivity index (χ0) is 51.5. The Balaban J connectivity index is 0.984. The molecule has 11 aromatic carbocycles. The van der Waals surface area contributed by atoms with Crippen LogP contribution in [0.5, 0.6) is 0 Å². The maximum absolute atomic E-state index is 2.44. The Hall–Kier alpha value is -9.18. The first kappa shape index (κ1) is 46.6. The van der Waals surface area contributed by atoms with Crippen molar-refractivity contribution < 1.29 is 0 Å². The third-order valence-electron chi connectivity index (χ3n) is 16.1. The molecule has 0 radical (unpaired) electrons. The van der Waals surface area contributed by atoms with Gasteiger partial charge in [-0.25, -0.2) is 0 Å². The number of benzene rings is 11. The summed E-state index contributed by atoms with van der Waals surface area (Å²) in [5.41, 5.74) is 26.0. The van der Waals surface area contributed by atoms with E-state index in [1.54, 1.807) is 0 Å². The second-order valence-corrected chi connectivity index (χ2v) is 21.5. The lowest BCUT2D eigenvalue weighted by Crippen LogP contribution is -2.17. The smallest absolute Gasteiger partial charge is 0.0490 e. The van der Waals surface area contributed by atoms with Crippen LogP contribution in [-0.2, 0) is 10.8 Å². The molecule has 2 aliphatic carbocycles. The number of anilines is 9. The highest BCUT2D eigenvalue weighted by Gasteiger charge is 2.37. The number of fused-ring (bicyclic) bond motifs is 6. The standard InChI is InChI=1S/C73H59N3/c1-50-21-15-20-32-71(50)76(60-42-44-66-64-29-17-19-31-68(64)73(4,5)70(66)49-60)58-39-35-53(36-40-58)54-45-61(74(55-24-11-7-12-25-55)57-37-33-52(34-38-57)51-22-9-6-10-23-51)47-62(46-54)75(56-26-13-8-14-27-56)59-41-43-65-63-28-16-18-30-67(63)72(2,3)69(65)48-59/h6-49H,1-5H3. The Kier molecular flexibility index (Phi) is 11.4. The molecule has 3 heteroatoms. The molecule has 0 spiro atoms. The fourth-order valence-electron chi connectivity index (χ4n) is 12.2. The number of nitrogens with zero attached hydrogens (tertiary/aromatic N) is 3. The third kappa shape index (κ3) is 7.99. The van der Waals surface area contributed by atoms with Crippen molar-refractivity contribution in [3.63, 3.8) is 0 Å². The van der Waals surface area contributed by atoms with E-state index in [9.17, 15) is 0 Å². The van der Waals surface area contributed by atoms with Gasteiger partial charge < -0.3 is 14.7 Å². The van der Waals surface area contributed by atoms with Crippen molar-refractivity contribution in [1.29, 1.82) is 0 Å². The quantitative estimate of drug-likeness (QED) is 0.128. The van der Waals surface area contributed by atoms with Crippen LogP contribution in [0.1, 0.15) is 55.5 Å². The molecule has 0 atom stereocenters. The largest absolute Gasteiger partial charge is 0.310 e. The summed E-state index contributed by atoms with van der Waals surface area (Å²) in [7, 11) is 0. The van der Waals surface area contributed by atoms with Gasteiger partial charge in [-0.1, -0.05) is 198 Å². The van der Waals surface area contributed by atoms with E-state index in [0.717, 1.165) is 62.3 Å². The van der Waals surface area contributed by atoms with Gasteiger partial charge in [0.15, 0.2) is 0 Å². The van der Waals surface area contributed by atoms with Gasteiger partial charge in [-0.2, -0.15) is 0 Å². The van der Waals surface area contributed by atoms with Crippen LogP contribution >= 0.6 is 0 Å². The molecule has 3 nitrogen and oxygen atoms in total. The van der Waals surface area contributed by atoms with Crippen molar-refractivity contribution >= 4 is 51.2 Å². The number of aryl methyl sites for hydroxylation is 1. The van der Waals surface area contributed by atoms with E-state index in [0.29, 0.717) is 0 Å². The van der Waals surface area contributed by atoms with Gasteiger partial charge in [-0.15, -0.1) is 0 Å².